The molecule has 0 aliphatic carbocycles. The second-order valence-corrected chi connectivity index (χ2v) is 4.57. The lowest BCUT2D eigenvalue weighted by Crippen LogP contribution is -2.22. The number of nitrogens with one attached hydrogen (secondary N) is 1. The number of fused-ring (bicyclic) bond motifs is 1. The van der Waals surface area contributed by atoms with Gasteiger partial charge in [0.15, 0.2) is 11.5 Å². The van der Waals surface area contributed by atoms with Gasteiger partial charge in [-0.1, -0.05) is 17.3 Å². The number of benzene rings is 1. The van der Waals surface area contributed by atoms with Gasteiger partial charge in [-0.15, -0.1) is 0 Å². The number of hydrogen-bond acceptors (Lipinski definition) is 6. The van der Waals surface area contributed by atoms with Gasteiger partial charge < -0.3 is 25.4 Å². The molecule has 1 aromatic carbocycles. The maximum Gasteiger partial charge on any atom is 0.231 e. The topological polar surface area (TPSA) is 78.1 Å². The molecule has 2 aliphatic rings. The first-order valence-corrected chi connectivity index (χ1v) is 6.35. The largest absolute Gasteiger partial charge is 0.454 e. The molecular weight excluding hydrogens is 246 g/mol. The third-order valence-corrected chi connectivity index (χ3v) is 3.33. The van der Waals surface area contributed by atoms with E-state index in [0.29, 0.717) is 13.2 Å². The Morgan fingerprint density at radius 2 is 2.37 bits per heavy atom. The van der Waals surface area contributed by atoms with Gasteiger partial charge in [-0.25, -0.2) is 0 Å². The molecule has 3 N–H and O–H groups in total. The summed E-state index contributed by atoms with van der Waals surface area (Å²) in [5, 5.41) is 7.40. The van der Waals surface area contributed by atoms with Crippen molar-refractivity contribution in [3.05, 3.63) is 23.8 Å². The molecule has 0 spiro atoms. The minimum atomic E-state index is 0.264. The van der Waals surface area contributed by atoms with Gasteiger partial charge in [-0.2, -0.15) is 0 Å². The zero-order valence-electron chi connectivity index (χ0n) is 10.6. The lowest BCUT2D eigenvalue weighted by atomic mass is 10.1. The highest BCUT2D eigenvalue weighted by atomic mass is 16.7. The molecule has 0 radical (unpaired) electrons. The lowest BCUT2D eigenvalue weighted by Gasteiger charge is -2.07. The first-order chi connectivity index (χ1) is 9.38. The highest BCUT2D eigenvalue weighted by Crippen LogP contribution is 2.35. The summed E-state index contributed by atoms with van der Waals surface area (Å²) in [5.41, 5.74) is 7.59. The Kier molecular flexibility index (Phi) is 3.52. The van der Waals surface area contributed by atoms with E-state index in [-0.39, 0.29) is 12.7 Å². The fourth-order valence-corrected chi connectivity index (χ4v) is 2.25. The van der Waals surface area contributed by atoms with Gasteiger partial charge in [0.05, 0.1) is 5.71 Å². The van der Waals surface area contributed by atoms with Crippen molar-refractivity contribution in [3.8, 4) is 11.5 Å². The van der Waals surface area contributed by atoms with E-state index < -0.39 is 0 Å². The van der Waals surface area contributed by atoms with Crippen molar-refractivity contribution in [3.63, 3.8) is 0 Å². The lowest BCUT2D eigenvalue weighted by molar-refractivity contribution is 0.124. The van der Waals surface area contributed by atoms with Crippen LogP contribution in [0.3, 0.4) is 0 Å². The predicted molar refractivity (Wildman–Crippen MR) is 70.2 cm³/mol. The Bertz CT molecular complexity index is 490. The number of oxime groups is 1. The summed E-state index contributed by atoms with van der Waals surface area (Å²) in [7, 11) is 0. The predicted octanol–water partition coefficient (Wildman–Crippen LogP) is 0.466. The van der Waals surface area contributed by atoms with Gasteiger partial charge in [-0.05, 0) is 6.07 Å². The molecule has 0 saturated carbocycles. The van der Waals surface area contributed by atoms with Gasteiger partial charge in [-0.3, -0.25) is 0 Å². The van der Waals surface area contributed by atoms with E-state index in [1.165, 1.54) is 0 Å². The molecule has 0 amide bonds. The minimum Gasteiger partial charge on any atom is -0.454 e. The molecule has 6 nitrogen and oxygen atoms in total. The van der Waals surface area contributed by atoms with Crippen LogP contribution in [0.4, 0.5) is 0 Å². The second-order valence-electron chi connectivity index (χ2n) is 4.57. The number of ether oxygens (including phenoxy) is 2. The van der Waals surface area contributed by atoms with Gasteiger partial charge >= 0.3 is 0 Å². The van der Waals surface area contributed by atoms with Crippen LogP contribution in [0.5, 0.6) is 11.5 Å². The fraction of sp³-hybridized carbons (Fsp3) is 0.462. The van der Waals surface area contributed by atoms with Crippen molar-refractivity contribution < 1.29 is 14.3 Å². The van der Waals surface area contributed by atoms with Crippen LogP contribution >= 0.6 is 0 Å². The third kappa shape index (κ3) is 2.50. The Balaban J connectivity index is 1.64. The molecule has 1 saturated heterocycles. The molecule has 3 rings (SSSR count). The second kappa shape index (κ2) is 5.46. The molecular formula is C13H17N3O3. The Hall–Kier alpha value is -1.79. The molecule has 1 aromatic rings. The van der Waals surface area contributed by atoms with Crippen LogP contribution in [-0.4, -0.2) is 32.1 Å². The highest BCUT2D eigenvalue weighted by Gasteiger charge is 2.21. The first-order valence-electron chi connectivity index (χ1n) is 6.35. The summed E-state index contributed by atoms with van der Waals surface area (Å²) >= 11 is 0. The summed E-state index contributed by atoms with van der Waals surface area (Å²) in [5.74, 6) is 1.79. The molecule has 1 fully saturated rings. The van der Waals surface area contributed by atoms with Crippen LogP contribution in [0.25, 0.3) is 0 Å². The number of para-hydroxylation sites is 1. The molecule has 1 atom stereocenters. The number of nitrogens with zero attached hydrogens (tertiary/aromatic N) is 1. The highest BCUT2D eigenvalue weighted by molar-refractivity contribution is 5.90. The molecule has 0 aromatic heterocycles. The molecule has 1 unspecified atom stereocenters. The maximum absolute atomic E-state index is 5.67. The first kappa shape index (κ1) is 12.3. The average Bonchev–Trinajstić information content (AvgIpc) is 3.07. The van der Waals surface area contributed by atoms with Crippen molar-refractivity contribution in [2.45, 2.75) is 6.61 Å². The number of rotatable bonds is 4. The van der Waals surface area contributed by atoms with E-state index >= 15 is 0 Å². The van der Waals surface area contributed by atoms with Gasteiger partial charge in [0, 0.05) is 31.1 Å². The van der Waals surface area contributed by atoms with Crippen molar-refractivity contribution in [2.24, 2.45) is 16.8 Å². The Morgan fingerprint density at radius 3 is 3.26 bits per heavy atom. The normalized spacial score (nSPS) is 23.0. The molecule has 6 heteroatoms. The average molecular weight is 263 g/mol. The standard InChI is InChI=1S/C13H17N3O3/c14-4-10-5-15-6-11(10)16-19-7-9-2-1-3-12-13(9)18-8-17-12/h1-3,10,15H,4-8,14H2/b16-11+. The monoisotopic (exact) mass is 263 g/mol. The maximum atomic E-state index is 5.67. The van der Waals surface area contributed by atoms with Crippen molar-refractivity contribution in [1.29, 1.82) is 0 Å². The fourth-order valence-electron chi connectivity index (χ4n) is 2.25. The van der Waals surface area contributed by atoms with E-state index in [0.717, 1.165) is 35.9 Å². The Morgan fingerprint density at radius 1 is 1.42 bits per heavy atom. The SMILES string of the molecule is NCC1CNC/C1=N\OCc1cccc2c1OCO2. The molecule has 0 bridgehead atoms. The zero-order chi connectivity index (χ0) is 13.1. The van der Waals surface area contributed by atoms with Crippen molar-refractivity contribution >= 4 is 5.71 Å². The molecule has 2 aliphatic heterocycles. The third-order valence-electron chi connectivity index (χ3n) is 3.33. The summed E-state index contributed by atoms with van der Waals surface area (Å²) in [4.78, 5) is 5.42. The summed E-state index contributed by atoms with van der Waals surface area (Å²) in [6.45, 7) is 2.84. The van der Waals surface area contributed by atoms with Crippen molar-refractivity contribution in [1.82, 2.24) is 5.32 Å². The van der Waals surface area contributed by atoms with Crippen LogP contribution in [0.15, 0.2) is 23.4 Å². The van der Waals surface area contributed by atoms with Crippen molar-refractivity contribution in [2.75, 3.05) is 26.4 Å². The van der Waals surface area contributed by atoms with E-state index in [4.69, 9.17) is 20.0 Å². The van der Waals surface area contributed by atoms with Crippen LogP contribution in [0.1, 0.15) is 5.56 Å². The van der Waals surface area contributed by atoms with E-state index in [1.807, 2.05) is 18.2 Å². The smallest absolute Gasteiger partial charge is 0.231 e. The Labute approximate surface area is 111 Å². The van der Waals surface area contributed by atoms with Gasteiger partial charge in [0.1, 0.15) is 6.61 Å². The quantitative estimate of drug-likeness (QED) is 0.772. The molecule has 102 valence electrons. The van der Waals surface area contributed by atoms with Gasteiger partial charge in [0.25, 0.3) is 0 Å². The molecule has 19 heavy (non-hydrogen) atoms. The zero-order valence-corrected chi connectivity index (χ0v) is 10.6. The number of nitrogens with two attached hydrogens (primary N) is 1. The van der Waals surface area contributed by atoms with Gasteiger partial charge in [0.2, 0.25) is 6.79 Å². The summed E-state index contributed by atoms with van der Waals surface area (Å²) in [6.07, 6.45) is 0. The van der Waals surface area contributed by atoms with E-state index in [9.17, 15) is 0 Å². The van der Waals surface area contributed by atoms with Crippen LogP contribution in [-0.2, 0) is 11.4 Å². The molecule has 2 heterocycles. The van der Waals surface area contributed by atoms with Crippen LogP contribution < -0.4 is 20.5 Å². The minimum absolute atomic E-state index is 0.264. The van der Waals surface area contributed by atoms with E-state index in [1.54, 1.807) is 0 Å². The van der Waals surface area contributed by atoms with Crippen LogP contribution in [0.2, 0.25) is 0 Å². The summed E-state index contributed by atoms with van der Waals surface area (Å²) in [6, 6.07) is 5.74. The number of hydrogen-bond donors (Lipinski definition) is 2. The van der Waals surface area contributed by atoms with E-state index in [2.05, 4.69) is 10.5 Å². The van der Waals surface area contributed by atoms with Crippen LogP contribution in [0, 0.1) is 5.92 Å². The summed E-state index contributed by atoms with van der Waals surface area (Å²) < 4.78 is 10.7.